The van der Waals surface area contributed by atoms with Crippen molar-refractivity contribution in [2.24, 2.45) is 5.92 Å². The third kappa shape index (κ3) is 5.92. The maximum Gasteiger partial charge on any atom is 0.223 e. The van der Waals surface area contributed by atoms with Crippen LogP contribution in [0.25, 0.3) is 0 Å². The third-order valence-electron chi connectivity index (χ3n) is 5.88. The number of sulfone groups is 1. The topological polar surface area (TPSA) is 66.5 Å². The number of amides is 1. The molecule has 0 spiro atoms. The molecule has 1 aliphatic heterocycles. The largest absolute Gasteiger partial charge is 0.349 e. The lowest BCUT2D eigenvalue weighted by molar-refractivity contribution is -0.127. The molecule has 1 heterocycles. The summed E-state index contributed by atoms with van der Waals surface area (Å²) >= 11 is 0. The zero-order chi connectivity index (χ0) is 21.7. The number of nitrogens with one attached hydrogen (secondary N) is 1. The first-order valence-corrected chi connectivity index (χ1v) is 12.5. The Bertz CT molecular complexity index is 962. The van der Waals surface area contributed by atoms with E-state index in [4.69, 9.17) is 0 Å². The molecule has 0 bridgehead atoms. The normalized spacial score (nSPS) is 16.9. The van der Waals surface area contributed by atoms with Crippen LogP contribution >= 0.6 is 0 Å². The lowest BCUT2D eigenvalue weighted by Gasteiger charge is -2.32. The SMILES string of the molecule is CC[C@@H](NC(=O)C1CCN(Cc2cccc(C)c2)CC1)c1ccc(S(C)(=O)=O)cc1. The van der Waals surface area contributed by atoms with Gasteiger partial charge in [0.2, 0.25) is 5.91 Å². The Morgan fingerprint density at radius 1 is 1.13 bits per heavy atom. The van der Waals surface area contributed by atoms with Gasteiger partial charge in [0.1, 0.15) is 0 Å². The van der Waals surface area contributed by atoms with Crippen molar-refractivity contribution in [1.29, 1.82) is 0 Å². The van der Waals surface area contributed by atoms with E-state index < -0.39 is 9.84 Å². The molecule has 1 aliphatic rings. The van der Waals surface area contributed by atoms with E-state index in [9.17, 15) is 13.2 Å². The van der Waals surface area contributed by atoms with Crippen molar-refractivity contribution >= 4 is 15.7 Å². The van der Waals surface area contributed by atoms with E-state index >= 15 is 0 Å². The molecule has 0 radical (unpaired) electrons. The number of rotatable bonds is 7. The highest BCUT2D eigenvalue weighted by Crippen LogP contribution is 2.23. The van der Waals surface area contributed by atoms with Gasteiger partial charge < -0.3 is 5.32 Å². The molecule has 3 rings (SSSR count). The summed E-state index contributed by atoms with van der Waals surface area (Å²) in [6.07, 6.45) is 3.69. The van der Waals surface area contributed by atoms with Crippen LogP contribution in [0.15, 0.2) is 53.4 Å². The Kier molecular flexibility index (Phi) is 7.32. The number of benzene rings is 2. The molecule has 1 N–H and O–H groups in total. The molecule has 6 heteroatoms. The number of aryl methyl sites for hydroxylation is 1. The van der Waals surface area contributed by atoms with Gasteiger partial charge in [-0.15, -0.1) is 0 Å². The Morgan fingerprint density at radius 3 is 2.37 bits per heavy atom. The second kappa shape index (κ2) is 9.75. The van der Waals surface area contributed by atoms with Crippen LogP contribution in [-0.4, -0.2) is 38.6 Å². The van der Waals surface area contributed by atoms with Crippen molar-refractivity contribution in [3.05, 3.63) is 65.2 Å². The summed E-state index contributed by atoms with van der Waals surface area (Å²) in [5.74, 6) is 0.132. The molecular formula is C24H32N2O3S. The Balaban J connectivity index is 1.54. The molecule has 2 aromatic rings. The van der Waals surface area contributed by atoms with Crippen LogP contribution in [0.1, 0.15) is 48.9 Å². The fraction of sp³-hybridized carbons (Fsp3) is 0.458. The summed E-state index contributed by atoms with van der Waals surface area (Å²) in [6.45, 7) is 6.91. The molecule has 1 amide bonds. The zero-order valence-corrected chi connectivity index (χ0v) is 18.9. The van der Waals surface area contributed by atoms with Gasteiger partial charge in [0.25, 0.3) is 0 Å². The highest BCUT2D eigenvalue weighted by Gasteiger charge is 2.26. The number of piperidine rings is 1. The highest BCUT2D eigenvalue weighted by molar-refractivity contribution is 7.90. The van der Waals surface area contributed by atoms with Crippen molar-refractivity contribution < 1.29 is 13.2 Å². The van der Waals surface area contributed by atoms with Gasteiger partial charge in [-0.2, -0.15) is 0 Å². The van der Waals surface area contributed by atoms with Gasteiger partial charge in [-0.25, -0.2) is 8.42 Å². The monoisotopic (exact) mass is 428 g/mol. The predicted octanol–water partition coefficient (Wildman–Crippen LogP) is 3.88. The van der Waals surface area contributed by atoms with E-state index in [2.05, 4.69) is 41.4 Å². The van der Waals surface area contributed by atoms with Crippen molar-refractivity contribution in [2.75, 3.05) is 19.3 Å². The average Bonchev–Trinajstić information content (AvgIpc) is 2.72. The first-order valence-electron chi connectivity index (χ1n) is 10.6. The number of hydrogen-bond acceptors (Lipinski definition) is 4. The van der Waals surface area contributed by atoms with E-state index in [1.165, 1.54) is 17.4 Å². The minimum atomic E-state index is -3.21. The molecule has 1 saturated heterocycles. The van der Waals surface area contributed by atoms with Gasteiger partial charge in [-0.1, -0.05) is 48.9 Å². The first-order chi connectivity index (χ1) is 14.3. The van der Waals surface area contributed by atoms with Gasteiger partial charge in [0.15, 0.2) is 9.84 Å². The highest BCUT2D eigenvalue weighted by atomic mass is 32.2. The number of nitrogens with zero attached hydrogens (tertiary/aromatic N) is 1. The predicted molar refractivity (Wildman–Crippen MR) is 120 cm³/mol. The molecule has 1 fully saturated rings. The van der Waals surface area contributed by atoms with Crippen molar-refractivity contribution in [2.45, 2.75) is 50.6 Å². The van der Waals surface area contributed by atoms with Crippen LogP contribution < -0.4 is 5.32 Å². The summed E-state index contributed by atoms with van der Waals surface area (Å²) in [6, 6.07) is 15.3. The van der Waals surface area contributed by atoms with E-state index in [0.717, 1.165) is 44.5 Å². The Morgan fingerprint density at radius 2 is 1.80 bits per heavy atom. The number of carbonyl (C=O) groups is 1. The molecular weight excluding hydrogens is 396 g/mol. The molecule has 0 unspecified atom stereocenters. The Hall–Kier alpha value is -2.18. The number of carbonyl (C=O) groups excluding carboxylic acids is 1. The zero-order valence-electron chi connectivity index (χ0n) is 18.1. The van der Waals surface area contributed by atoms with Gasteiger partial charge in [-0.3, -0.25) is 9.69 Å². The van der Waals surface area contributed by atoms with Gasteiger partial charge >= 0.3 is 0 Å². The average molecular weight is 429 g/mol. The van der Waals surface area contributed by atoms with Gasteiger partial charge in [0.05, 0.1) is 10.9 Å². The van der Waals surface area contributed by atoms with Gasteiger partial charge in [-0.05, 0) is 62.5 Å². The van der Waals surface area contributed by atoms with E-state index in [1.54, 1.807) is 24.3 Å². The molecule has 30 heavy (non-hydrogen) atoms. The minimum absolute atomic E-state index is 0.0307. The fourth-order valence-electron chi connectivity index (χ4n) is 4.08. The molecule has 162 valence electrons. The summed E-state index contributed by atoms with van der Waals surface area (Å²) < 4.78 is 23.3. The first kappa shape index (κ1) is 22.5. The van der Waals surface area contributed by atoms with Gasteiger partial charge in [0, 0.05) is 18.7 Å². The van der Waals surface area contributed by atoms with Crippen LogP contribution in [-0.2, 0) is 21.2 Å². The second-order valence-electron chi connectivity index (χ2n) is 8.35. The van der Waals surface area contributed by atoms with E-state index in [0.29, 0.717) is 4.90 Å². The molecule has 2 aromatic carbocycles. The second-order valence-corrected chi connectivity index (χ2v) is 10.4. The quantitative estimate of drug-likeness (QED) is 0.727. The van der Waals surface area contributed by atoms with Crippen molar-refractivity contribution in [3.8, 4) is 0 Å². The summed E-state index contributed by atoms with van der Waals surface area (Å²) in [5.41, 5.74) is 3.54. The lowest BCUT2D eigenvalue weighted by atomic mass is 9.94. The van der Waals surface area contributed by atoms with Crippen molar-refractivity contribution in [1.82, 2.24) is 10.2 Å². The summed E-state index contributed by atoms with van der Waals surface area (Å²) in [7, 11) is -3.21. The summed E-state index contributed by atoms with van der Waals surface area (Å²) in [5, 5.41) is 3.18. The molecule has 0 aliphatic carbocycles. The third-order valence-corrected chi connectivity index (χ3v) is 7.01. The van der Waals surface area contributed by atoms with Crippen LogP contribution in [0.3, 0.4) is 0 Å². The molecule has 5 nitrogen and oxygen atoms in total. The maximum atomic E-state index is 12.9. The smallest absolute Gasteiger partial charge is 0.223 e. The molecule has 1 atom stereocenters. The van der Waals surface area contributed by atoms with Crippen LogP contribution in [0.2, 0.25) is 0 Å². The number of likely N-dealkylation sites (tertiary alicyclic amines) is 1. The summed E-state index contributed by atoms with van der Waals surface area (Å²) in [4.78, 5) is 15.6. The number of hydrogen-bond donors (Lipinski definition) is 1. The molecule has 0 aromatic heterocycles. The van der Waals surface area contributed by atoms with E-state index in [1.807, 2.05) is 6.92 Å². The molecule has 0 saturated carbocycles. The van der Waals surface area contributed by atoms with E-state index in [-0.39, 0.29) is 17.9 Å². The van der Waals surface area contributed by atoms with Crippen LogP contribution in [0.4, 0.5) is 0 Å². The van der Waals surface area contributed by atoms with Crippen LogP contribution in [0.5, 0.6) is 0 Å². The standard InChI is InChI=1S/C24H32N2O3S/c1-4-23(20-8-10-22(11-9-20)30(3,28)29)25-24(27)21-12-14-26(15-13-21)17-19-7-5-6-18(2)16-19/h5-11,16,21,23H,4,12-15,17H2,1-3H3,(H,25,27)/t23-/m1/s1. The van der Waals surface area contributed by atoms with Crippen molar-refractivity contribution in [3.63, 3.8) is 0 Å². The Labute approximate surface area is 180 Å². The fourth-order valence-corrected chi connectivity index (χ4v) is 4.71. The lowest BCUT2D eigenvalue weighted by Crippen LogP contribution is -2.41. The minimum Gasteiger partial charge on any atom is -0.349 e. The van der Waals surface area contributed by atoms with Crippen LogP contribution in [0, 0.1) is 12.8 Å². The maximum absolute atomic E-state index is 12.9.